The molecule has 1 saturated heterocycles. The number of hydrogen-bond acceptors (Lipinski definition) is 5. The van der Waals surface area contributed by atoms with E-state index < -0.39 is 5.97 Å². The van der Waals surface area contributed by atoms with Gasteiger partial charge in [-0.3, -0.25) is 10.1 Å². The molecular formula is C20H36N2O4. The van der Waals surface area contributed by atoms with Gasteiger partial charge < -0.3 is 5.11 Å². The Bertz CT molecular complexity index is 465. The molecule has 150 valence electrons. The van der Waals surface area contributed by atoms with Crippen LogP contribution in [0.3, 0.4) is 0 Å². The second-order valence-corrected chi connectivity index (χ2v) is 9.12. The minimum Gasteiger partial charge on any atom is -0.481 e. The fourth-order valence-corrected chi connectivity index (χ4v) is 5.24. The highest BCUT2D eigenvalue weighted by atomic mass is 17.3. The van der Waals surface area contributed by atoms with Crippen molar-refractivity contribution in [2.75, 3.05) is 7.05 Å². The van der Waals surface area contributed by atoms with Crippen molar-refractivity contribution in [1.29, 1.82) is 0 Å². The van der Waals surface area contributed by atoms with Crippen LogP contribution >= 0.6 is 0 Å². The molecule has 0 radical (unpaired) electrons. The largest absolute Gasteiger partial charge is 0.481 e. The lowest BCUT2D eigenvalue weighted by atomic mass is 9.77. The number of hydrogen-bond donors (Lipinski definition) is 2. The van der Waals surface area contributed by atoms with Crippen molar-refractivity contribution in [3.8, 4) is 0 Å². The topological polar surface area (TPSA) is 71.0 Å². The fraction of sp³-hybridized carbons (Fsp3) is 0.950. The van der Waals surface area contributed by atoms with Crippen LogP contribution < -0.4 is 5.32 Å². The van der Waals surface area contributed by atoms with Crippen molar-refractivity contribution in [3.63, 3.8) is 0 Å². The van der Waals surface area contributed by atoms with Gasteiger partial charge in [-0.25, -0.2) is 0 Å². The van der Waals surface area contributed by atoms with Crippen LogP contribution in [0.1, 0.15) is 71.6 Å². The minimum atomic E-state index is -0.677. The highest BCUT2D eigenvalue weighted by Crippen LogP contribution is 2.38. The van der Waals surface area contributed by atoms with Crippen molar-refractivity contribution in [2.24, 2.45) is 29.6 Å². The molecule has 0 aromatic carbocycles. The molecule has 0 aromatic rings. The van der Waals surface area contributed by atoms with Crippen molar-refractivity contribution in [1.82, 2.24) is 10.4 Å². The van der Waals surface area contributed by atoms with Gasteiger partial charge >= 0.3 is 5.97 Å². The highest BCUT2D eigenvalue weighted by Gasteiger charge is 2.40. The van der Waals surface area contributed by atoms with E-state index in [9.17, 15) is 9.90 Å². The predicted molar refractivity (Wildman–Crippen MR) is 98.6 cm³/mol. The molecule has 4 unspecified atom stereocenters. The average molecular weight is 369 g/mol. The van der Waals surface area contributed by atoms with E-state index in [1.165, 1.54) is 32.1 Å². The first-order chi connectivity index (χ1) is 12.4. The number of rotatable bonds is 5. The first-order valence-electron chi connectivity index (χ1n) is 10.5. The van der Waals surface area contributed by atoms with E-state index in [0.29, 0.717) is 12.3 Å². The summed E-state index contributed by atoms with van der Waals surface area (Å²) >= 11 is 0. The Morgan fingerprint density at radius 2 is 1.88 bits per heavy atom. The van der Waals surface area contributed by atoms with Crippen LogP contribution in [0.25, 0.3) is 0 Å². The van der Waals surface area contributed by atoms with Gasteiger partial charge in [0.2, 0.25) is 0 Å². The maximum Gasteiger partial charge on any atom is 0.306 e. The lowest BCUT2D eigenvalue weighted by Gasteiger charge is -2.45. The summed E-state index contributed by atoms with van der Waals surface area (Å²) in [5.74, 6) is 1.49. The standard InChI is InChI=1S/C20H36N2O4/c1-13(2)11-14-7-9-15(10-8-14)18-21-19(25-26-22(18)3)16-5-4-6-17(12-16)20(23)24/h13-19,21H,4-12H2,1-3H3,(H,23,24). The van der Waals surface area contributed by atoms with E-state index in [2.05, 4.69) is 19.2 Å². The van der Waals surface area contributed by atoms with Gasteiger partial charge in [0.25, 0.3) is 0 Å². The molecule has 2 saturated carbocycles. The van der Waals surface area contributed by atoms with E-state index in [4.69, 9.17) is 9.88 Å². The van der Waals surface area contributed by atoms with Crippen molar-refractivity contribution >= 4 is 5.97 Å². The Morgan fingerprint density at radius 3 is 2.54 bits per heavy atom. The van der Waals surface area contributed by atoms with E-state index in [1.807, 2.05) is 7.05 Å². The minimum absolute atomic E-state index is 0.152. The van der Waals surface area contributed by atoms with Gasteiger partial charge in [0.1, 0.15) is 6.23 Å². The van der Waals surface area contributed by atoms with Crippen LogP contribution in [0.15, 0.2) is 0 Å². The number of carbonyl (C=O) groups is 1. The summed E-state index contributed by atoms with van der Waals surface area (Å²) in [5, 5.41) is 14.8. The number of carboxylic acid groups (broad SMARTS) is 1. The van der Waals surface area contributed by atoms with Crippen LogP contribution in [0.5, 0.6) is 0 Å². The van der Waals surface area contributed by atoms with Gasteiger partial charge in [-0.1, -0.05) is 33.1 Å². The Balaban J connectivity index is 1.54. The Kier molecular flexibility index (Phi) is 6.94. The zero-order valence-electron chi connectivity index (χ0n) is 16.5. The van der Waals surface area contributed by atoms with E-state index >= 15 is 0 Å². The highest BCUT2D eigenvalue weighted by molar-refractivity contribution is 5.70. The van der Waals surface area contributed by atoms with Crippen molar-refractivity contribution in [2.45, 2.75) is 84.0 Å². The zero-order valence-corrected chi connectivity index (χ0v) is 16.5. The molecule has 3 fully saturated rings. The number of hydroxylamine groups is 2. The van der Waals surface area contributed by atoms with Crippen LogP contribution in [0.4, 0.5) is 0 Å². The van der Waals surface area contributed by atoms with E-state index in [-0.39, 0.29) is 24.2 Å². The van der Waals surface area contributed by atoms with Crippen molar-refractivity contribution < 1.29 is 19.8 Å². The molecule has 2 N–H and O–H groups in total. The van der Waals surface area contributed by atoms with Gasteiger partial charge in [0.15, 0.2) is 0 Å². The lowest BCUT2D eigenvalue weighted by molar-refractivity contribution is -0.492. The molecule has 0 aromatic heterocycles. The second-order valence-electron chi connectivity index (χ2n) is 9.12. The summed E-state index contributed by atoms with van der Waals surface area (Å²) in [6.07, 6.45) is 9.72. The van der Waals surface area contributed by atoms with Crippen LogP contribution in [0.2, 0.25) is 0 Å². The van der Waals surface area contributed by atoms with Crippen LogP contribution in [0, 0.1) is 29.6 Å². The molecule has 4 atom stereocenters. The SMILES string of the molecule is CC(C)CC1CCC(C2NC(C3CCCC(C(=O)O)C3)OON2C)CC1. The summed E-state index contributed by atoms with van der Waals surface area (Å²) in [6.45, 7) is 4.62. The first-order valence-corrected chi connectivity index (χ1v) is 10.5. The smallest absolute Gasteiger partial charge is 0.306 e. The molecule has 3 rings (SSSR count). The Labute approximate surface area is 157 Å². The van der Waals surface area contributed by atoms with Gasteiger partial charge in [-0.05, 0) is 56.3 Å². The molecule has 0 bridgehead atoms. The Hall–Kier alpha value is -0.690. The number of nitrogens with zero attached hydrogens (tertiary/aromatic N) is 1. The first kappa shape index (κ1) is 20.1. The third-order valence-electron chi connectivity index (χ3n) is 6.63. The van der Waals surface area contributed by atoms with E-state index in [0.717, 1.165) is 31.1 Å². The van der Waals surface area contributed by atoms with Gasteiger partial charge in [0, 0.05) is 13.0 Å². The molecule has 3 aliphatic rings. The summed E-state index contributed by atoms with van der Waals surface area (Å²) in [7, 11) is 1.93. The van der Waals surface area contributed by atoms with Crippen LogP contribution in [-0.4, -0.2) is 35.6 Å². The number of carboxylic acids is 1. The quantitative estimate of drug-likeness (QED) is 0.720. The fourth-order valence-electron chi connectivity index (χ4n) is 5.24. The third kappa shape index (κ3) is 4.97. The molecule has 6 heteroatoms. The summed E-state index contributed by atoms with van der Waals surface area (Å²) < 4.78 is 0. The summed E-state index contributed by atoms with van der Waals surface area (Å²) in [5.41, 5.74) is 0. The van der Waals surface area contributed by atoms with E-state index in [1.54, 1.807) is 5.06 Å². The molecule has 1 aliphatic heterocycles. The number of nitrogens with one attached hydrogen (secondary N) is 1. The normalized spacial score (nSPS) is 39.8. The van der Waals surface area contributed by atoms with Crippen molar-refractivity contribution in [3.05, 3.63) is 0 Å². The maximum absolute atomic E-state index is 11.4. The van der Waals surface area contributed by atoms with Gasteiger partial charge in [0.05, 0.1) is 12.1 Å². The van der Waals surface area contributed by atoms with Crippen LogP contribution in [-0.2, 0) is 14.7 Å². The molecule has 1 heterocycles. The summed E-state index contributed by atoms with van der Waals surface area (Å²) in [6, 6.07) is 0. The maximum atomic E-state index is 11.4. The monoisotopic (exact) mass is 368 g/mol. The molecule has 0 spiro atoms. The molecule has 26 heavy (non-hydrogen) atoms. The molecule has 2 aliphatic carbocycles. The number of aliphatic carboxylic acids is 1. The zero-order chi connectivity index (χ0) is 18.7. The molecule has 0 amide bonds. The Morgan fingerprint density at radius 1 is 1.15 bits per heavy atom. The second kappa shape index (κ2) is 9.00. The third-order valence-corrected chi connectivity index (χ3v) is 6.63. The summed E-state index contributed by atoms with van der Waals surface area (Å²) in [4.78, 5) is 22.4. The van der Waals surface area contributed by atoms with Gasteiger partial charge in [-0.15, -0.1) is 10.1 Å². The van der Waals surface area contributed by atoms with Gasteiger partial charge in [-0.2, -0.15) is 4.89 Å². The molecule has 6 nitrogen and oxygen atoms in total. The predicted octanol–water partition coefficient (Wildman–Crippen LogP) is 3.78. The molecular weight excluding hydrogens is 332 g/mol. The lowest BCUT2D eigenvalue weighted by Crippen LogP contribution is -2.60. The average Bonchev–Trinajstić information content (AvgIpc) is 2.62.